The molecule has 2 saturated heterocycles. The van der Waals surface area contributed by atoms with Crippen molar-refractivity contribution < 1.29 is 4.74 Å². The predicted molar refractivity (Wildman–Crippen MR) is 77.8 cm³/mol. The lowest BCUT2D eigenvalue weighted by atomic mass is 9.78. The number of aryl methyl sites for hydroxylation is 1. The molecule has 5 nitrogen and oxygen atoms in total. The van der Waals surface area contributed by atoms with Gasteiger partial charge in [0, 0.05) is 32.9 Å². The number of hydrogen-bond donors (Lipinski definition) is 0. The number of nitrogens with zero attached hydrogens (tertiary/aromatic N) is 4. The SMILES string of the molecule is Cn1ncc2c(N3CCC4(CCOC4)CC3)ccnc21. The summed E-state index contributed by atoms with van der Waals surface area (Å²) in [6.07, 6.45) is 7.52. The summed E-state index contributed by atoms with van der Waals surface area (Å²) in [6.45, 7) is 4.12. The first kappa shape index (κ1) is 12.1. The van der Waals surface area contributed by atoms with E-state index in [-0.39, 0.29) is 0 Å². The fraction of sp³-hybridized carbons (Fsp3) is 0.600. The highest BCUT2D eigenvalue weighted by molar-refractivity contribution is 5.89. The van der Waals surface area contributed by atoms with E-state index in [4.69, 9.17) is 4.74 Å². The highest BCUT2D eigenvalue weighted by Gasteiger charge is 2.38. The molecule has 4 rings (SSSR count). The normalized spacial score (nSPS) is 21.9. The third-order valence-corrected chi connectivity index (χ3v) is 4.96. The Bertz CT molecular complexity index is 620. The molecule has 2 aliphatic heterocycles. The van der Waals surface area contributed by atoms with Crippen LogP contribution in [0.1, 0.15) is 19.3 Å². The number of rotatable bonds is 1. The highest BCUT2D eigenvalue weighted by Crippen LogP contribution is 2.40. The Hall–Kier alpha value is -1.62. The second-order valence-corrected chi connectivity index (χ2v) is 6.13. The largest absolute Gasteiger partial charge is 0.381 e. The average Bonchev–Trinajstić information content (AvgIpc) is 3.08. The fourth-order valence-electron chi connectivity index (χ4n) is 3.57. The van der Waals surface area contributed by atoms with Gasteiger partial charge in [-0.25, -0.2) is 4.98 Å². The van der Waals surface area contributed by atoms with Crippen LogP contribution in [0.5, 0.6) is 0 Å². The quantitative estimate of drug-likeness (QED) is 0.796. The van der Waals surface area contributed by atoms with Gasteiger partial charge in [0.15, 0.2) is 5.65 Å². The molecular weight excluding hydrogens is 252 g/mol. The summed E-state index contributed by atoms with van der Waals surface area (Å²) in [4.78, 5) is 6.90. The maximum absolute atomic E-state index is 5.61. The summed E-state index contributed by atoms with van der Waals surface area (Å²) in [5, 5.41) is 5.49. The van der Waals surface area contributed by atoms with E-state index in [0.29, 0.717) is 5.41 Å². The van der Waals surface area contributed by atoms with Gasteiger partial charge in [-0.3, -0.25) is 4.68 Å². The Morgan fingerprint density at radius 1 is 1.25 bits per heavy atom. The molecule has 0 aliphatic carbocycles. The van der Waals surface area contributed by atoms with E-state index in [1.54, 1.807) is 0 Å². The predicted octanol–water partition coefficient (Wildman–Crippen LogP) is 1.98. The van der Waals surface area contributed by atoms with Gasteiger partial charge < -0.3 is 9.64 Å². The number of pyridine rings is 1. The Morgan fingerprint density at radius 2 is 2.10 bits per heavy atom. The molecule has 1 spiro atoms. The maximum Gasteiger partial charge on any atom is 0.159 e. The van der Waals surface area contributed by atoms with Gasteiger partial charge in [-0.1, -0.05) is 0 Å². The summed E-state index contributed by atoms with van der Waals surface area (Å²) < 4.78 is 7.45. The first-order valence-corrected chi connectivity index (χ1v) is 7.37. The lowest BCUT2D eigenvalue weighted by molar-refractivity contribution is 0.134. The first-order chi connectivity index (χ1) is 9.77. The number of piperidine rings is 1. The van der Waals surface area contributed by atoms with E-state index < -0.39 is 0 Å². The molecule has 4 heterocycles. The average molecular weight is 272 g/mol. The van der Waals surface area contributed by atoms with Crippen LogP contribution in [0.4, 0.5) is 5.69 Å². The van der Waals surface area contributed by atoms with Crippen LogP contribution in [0, 0.1) is 5.41 Å². The lowest BCUT2D eigenvalue weighted by Gasteiger charge is -2.39. The minimum absolute atomic E-state index is 0.456. The molecule has 0 saturated carbocycles. The van der Waals surface area contributed by atoms with Crippen molar-refractivity contribution in [1.29, 1.82) is 0 Å². The molecule has 0 aromatic carbocycles. The molecule has 0 radical (unpaired) electrons. The lowest BCUT2D eigenvalue weighted by Crippen LogP contribution is -2.40. The molecular formula is C15H20N4O. The van der Waals surface area contributed by atoms with Gasteiger partial charge in [0.2, 0.25) is 0 Å². The van der Waals surface area contributed by atoms with Crippen LogP contribution in [0.15, 0.2) is 18.5 Å². The van der Waals surface area contributed by atoms with Crippen molar-refractivity contribution in [1.82, 2.24) is 14.8 Å². The van der Waals surface area contributed by atoms with E-state index in [9.17, 15) is 0 Å². The fourth-order valence-corrected chi connectivity index (χ4v) is 3.57. The number of aromatic nitrogens is 3. The minimum Gasteiger partial charge on any atom is -0.381 e. The van der Waals surface area contributed by atoms with Gasteiger partial charge in [0.1, 0.15) is 0 Å². The Labute approximate surface area is 118 Å². The first-order valence-electron chi connectivity index (χ1n) is 7.37. The zero-order chi connectivity index (χ0) is 13.6. The molecule has 106 valence electrons. The molecule has 0 unspecified atom stereocenters. The third kappa shape index (κ3) is 1.80. The molecule has 2 aliphatic rings. The number of hydrogen-bond acceptors (Lipinski definition) is 4. The standard InChI is InChI=1S/C15H20N4O/c1-18-14-12(10-17-18)13(2-6-16-14)19-7-3-15(4-8-19)5-9-20-11-15/h2,6,10H,3-5,7-9,11H2,1H3. The van der Waals surface area contributed by atoms with Crippen LogP contribution < -0.4 is 4.90 Å². The van der Waals surface area contributed by atoms with Crippen molar-refractivity contribution in [2.75, 3.05) is 31.2 Å². The van der Waals surface area contributed by atoms with Crippen molar-refractivity contribution in [3.63, 3.8) is 0 Å². The number of ether oxygens (including phenoxy) is 1. The Morgan fingerprint density at radius 3 is 2.85 bits per heavy atom. The van der Waals surface area contributed by atoms with E-state index in [1.807, 2.05) is 24.1 Å². The van der Waals surface area contributed by atoms with Gasteiger partial charge >= 0.3 is 0 Å². The second-order valence-electron chi connectivity index (χ2n) is 6.13. The maximum atomic E-state index is 5.61. The molecule has 20 heavy (non-hydrogen) atoms. The molecule has 2 aromatic heterocycles. The molecule has 5 heteroatoms. The van der Waals surface area contributed by atoms with Gasteiger partial charge in [-0.2, -0.15) is 5.10 Å². The zero-order valence-corrected chi connectivity index (χ0v) is 11.9. The Kier molecular flexibility index (Phi) is 2.70. The van der Waals surface area contributed by atoms with Crippen molar-refractivity contribution in [2.24, 2.45) is 12.5 Å². The number of anilines is 1. The summed E-state index contributed by atoms with van der Waals surface area (Å²) in [6, 6.07) is 2.12. The van der Waals surface area contributed by atoms with E-state index in [1.165, 1.54) is 24.9 Å². The summed E-state index contributed by atoms with van der Waals surface area (Å²) in [5.41, 5.74) is 2.70. The molecule has 0 N–H and O–H groups in total. The minimum atomic E-state index is 0.456. The van der Waals surface area contributed by atoms with Crippen LogP contribution >= 0.6 is 0 Å². The van der Waals surface area contributed by atoms with Crippen LogP contribution in [0.2, 0.25) is 0 Å². The molecule has 0 bridgehead atoms. The summed E-state index contributed by atoms with van der Waals surface area (Å²) >= 11 is 0. The van der Waals surface area contributed by atoms with Gasteiger partial charge in [-0.15, -0.1) is 0 Å². The van der Waals surface area contributed by atoms with Gasteiger partial charge in [0.05, 0.1) is 23.9 Å². The van der Waals surface area contributed by atoms with Crippen molar-refractivity contribution in [3.8, 4) is 0 Å². The second kappa shape index (κ2) is 4.45. The van der Waals surface area contributed by atoms with E-state index in [2.05, 4.69) is 21.0 Å². The van der Waals surface area contributed by atoms with Gasteiger partial charge in [-0.05, 0) is 30.7 Å². The highest BCUT2D eigenvalue weighted by atomic mass is 16.5. The molecule has 0 atom stereocenters. The molecule has 2 fully saturated rings. The van der Waals surface area contributed by atoms with Crippen molar-refractivity contribution in [2.45, 2.75) is 19.3 Å². The summed E-state index contributed by atoms with van der Waals surface area (Å²) in [7, 11) is 1.94. The molecule has 2 aromatic rings. The van der Waals surface area contributed by atoms with E-state index >= 15 is 0 Å². The van der Waals surface area contributed by atoms with Crippen LogP contribution in [0.25, 0.3) is 11.0 Å². The van der Waals surface area contributed by atoms with Crippen molar-refractivity contribution >= 4 is 16.7 Å². The smallest absolute Gasteiger partial charge is 0.159 e. The van der Waals surface area contributed by atoms with Crippen LogP contribution in [-0.2, 0) is 11.8 Å². The van der Waals surface area contributed by atoms with E-state index in [0.717, 1.165) is 37.3 Å². The van der Waals surface area contributed by atoms with Crippen LogP contribution in [-0.4, -0.2) is 41.1 Å². The monoisotopic (exact) mass is 272 g/mol. The number of fused-ring (bicyclic) bond motifs is 1. The zero-order valence-electron chi connectivity index (χ0n) is 11.9. The topological polar surface area (TPSA) is 43.2 Å². The van der Waals surface area contributed by atoms with Crippen LogP contribution in [0.3, 0.4) is 0 Å². The Balaban J connectivity index is 1.61. The van der Waals surface area contributed by atoms with Crippen molar-refractivity contribution in [3.05, 3.63) is 18.5 Å². The third-order valence-electron chi connectivity index (χ3n) is 4.96. The van der Waals surface area contributed by atoms with Gasteiger partial charge in [0.25, 0.3) is 0 Å². The summed E-state index contributed by atoms with van der Waals surface area (Å²) in [5.74, 6) is 0. The molecule has 0 amide bonds.